The monoisotopic (exact) mass is 374 g/mol. The summed E-state index contributed by atoms with van der Waals surface area (Å²) >= 11 is 0. The minimum Gasteiger partial charge on any atom is -0.334 e. The van der Waals surface area contributed by atoms with E-state index in [-0.39, 0.29) is 4.90 Å². The molecule has 2 N–H and O–H groups in total. The number of benzene rings is 1. The van der Waals surface area contributed by atoms with E-state index in [1.165, 1.54) is 4.31 Å². The Morgan fingerprint density at radius 2 is 1.88 bits per heavy atom. The molecule has 1 aliphatic rings. The van der Waals surface area contributed by atoms with E-state index in [4.69, 9.17) is 0 Å². The maximum atomic E-state index is 12.9. The number of nitrogens with one attached hydrogen (secondary N) is 2. The van der Waals surface area contributed by atoms with Crippen molar-refractivity contribution in [1.29, 1.82) is 0 Å². The van der Waals surface area contributed by atoms with Crippen molar-refractivity contribution in [1.82, 2.24) is 19.9 Å². The Hall–Kier alpha value is -2.45. The minimum absolute atomic E-state index is 0.244. The van der Waals surface area contributed by atoms with Gasteiger partial charge in [-0.1, -0.05) is 17.7 Å². The molecule has 2 amide bonds. The van der Waals surface area contributed by atoms with Gasteiger partial charge in [-0.2, -0.15) is 4.31 Å². The normalized spacial score (nSPS) is 17.8. The van der Waals surface area contributed by atoms with E-state index in [0.29, 0.717) is 25.9 Å². The molecule has 0 radical (unpaired) electrons. The van der Waals surface area contributed by atoms with Gasteiger partial charge < -0.3 is 10.6 Å². The van der Waals surface area contributed by atoms with Crippen LogP contribution in [-0.4, -0.2) is 36.4 Å². The molecule has 1 aromatic carbocycles. The number of rotatable bonds is 5. The minimum atomic E-state index is -3.63. The zero-order valence-corrected chi connectivity index (χ0v) is 15.4. The van der Waals surface area contributed by atoms with Gasteiger partial charge in [0.05, 0.1) is 11.1 Å². The van der Waals surface area contributed by atoms with Crippen molar-refractivity contribution in [3.8, 4) is 0 Å². The van der Waals surface area contributed by atoms with Crippen molar-refractivity contribution in [2.24, 2.45) is 0 Å². The summed E-state index contributed by atoms with van der Waals surface area (Å²) in [4.78, 5) is 16.3. The number of sulfonamides is 1. The number of carbonyl (C=O) groups is 1. The molecule has 26 heavy (non-hydrogen) atoms. The second-order valence-corrected chi connectivity index (χ2v) is 8.16. The first-order valence-electron chi connectivity index (χ1n) is 8.48. The number of hydrogen-bond acceptors (Lipinski definition) is 4. The molecule has 2 aromatic rings. The Morgan fingerprint density at radius 1 is 1.19 bits per heavy atom. The summed E-state index contributed by atoms with van der Waals surface area (Å²) in [6.45, 7) is 2.65. The lowest BCUT2D eigenvalue weighted by molar-refractivity contribution is 0.228. The van der Waals surface area contributed by atoms with Gasteiger partial charge in [-0.15, -0.1) is 0 Å². The molecule has 0 spiro atoms. The third-order valence-corrected chi connectivity index (χ3v) is 6.25. The Labute approximate surface area is 153 Å². The van der Waals surface area contributed by atoms with Crippen LogP contribution in [0.1, 0.15) is 24.0 Å². The molecule has 1 saturated heterocycles. The topological polar surface area (TPSA) is 91.4 Å². The Balaban J connectivity index is 1.64. The molecule has 138 valence electrons. The van der Waals surface area contributed by atoms with Crippen molar-refractivity contribution in [2.75, 3.05) is 6.54 Å². The summed E-state index contributed by atoms with van der Waals surface area (Å²) in [6, 6.07) is 9.97. The average Bonchev–Trinajstić information content (AvgIpc) is 3.10. The Bertz CT molecular complexity index is 854. The predicted molar refractivity (Wildman–Crippen MR) is 97.7 cm³/mol. The summed E-state index contributed by atoms with van der Waals surface area (Å²) in [6.07, 6.45) is 4.07. The lowest BCUT2D eigenvalue weighted by atomic mass is 10.2. The average molecular weight is 374 g/mol. The highest BCUT2D eigenvalue weighted by Gasteiger charge is 2.36. The number of carbonyl (C=O) groups excluding carboxylic acids is 1. The van der Waals surface area contributed by atoms with Crippen molar-refractivity contribution in [3.05, 3.63) is 59.9 Å². The van der Waals surface area contributed by atoms with Gasteiger partial charge in [-0.25, -0.2) is 13.2 Å². The zero-order chi connectivity index (χ0) is 18.6. The molecule has 1 fully saturated rings. The van der Waals surface area contributed by atoms with Gasteiger partial charge in [0.15, 0.2) is 0 Å². The van der Waals surface area contributed by atoms with Gasteiger partial charge in [0, 0.05) is 25.5 Å². The van der Waals surface area contributed by atoms with Crippen LogP contribution in [-0.2, 0) is 16.6 Å². The van der Waals surface area contributed by atoms with Gasteiger partial charge in [0.2, 0.25) is 10.0 Å². The van der Waals surface area contributed by atoms with Crippen LogP contribution in [0.2, 0.25) is 0 Å². The zero-order valence-electron chi connectivity index (χ0n) is 14.6. The quantitative estimate of drug-likeness (QED) is 0.837. The summed E-state index contributed by atoms with van der Waals surface area (Å²) in [5, 5.41) is 5.51. The molecule has 0 aliphatic carbocycles. The number of hydrogen-bond donors (Lipinski definition) is 2. The maximum absolute atomic E-state index is 12.9. The highest BCUT2D eigenvalue weighted by molar-refractivity contribution is 7.89. The molecule has 0 saturated carbocycles. The summed E-state index contributed by atoms with van der Waals surface area (Å²) in [5.74, 6) is 0. The van der Waals surface area contributed by atoms with E-state index in [1.54, 1.807) is 36.7 Å². The van der Waals surface area contributed by atoms with Gasteiger partial charge in [0.1, 0.15) is 0 Å². The fourth-order valence-corrected chi connectivity index (χ4v) is 4.52. The van der Waals surface area contributed by atoms with Crippen LogP contribution in [0.15, 0.2) is 53.7 Å². The van der Waals surface area contributed by atoms with Crippen LogP contribution in [0.4, 0.5) is 4.79 Å². The third-order valence-electron chi connectivity index (χ3n) is 4.33. The number of nitrogens with zero attached hydrogens (tertiary/aromatic N) is 2. The SMILES string of the molecule is Cc1ccc(S(=O)(=O)N2CCC[C@@H]2NC(=O)NCc2ccncc2)cc1. The van der Waals surface area contributed by atoms with Crippen molar-refractivity contribution >= 4 is 16.1 Å². The molecule has 7 nitrogen and oxygen atoms in total. The van der Waals surface area contributed by atoms with Crippen LogP contribution >= 0.6 is 0 Å². The molecule has 2 heterocycles. The van der Waals surface area contributed by atoms with E-state index >= 15 is 0 Å². The molecule has 0 bridgehead atoms. The number of amides is 2. The van der Waals surface area contributed by atoms with Gasteiger partial charge in [-0.05, 0) is 49.6 Å². The van der Waals surface area contributed by atoms with E-state index in [2.05, 4.69) is 15.6 Å². The molecule has 8 heteroatoms. The van der Waals surface area contributed by atoms with Crippen molar-refractivity contribution in [2.45, 2.75) is 37.4 Å². The van der Waals surface area contributed by atoms with E-state index in [0.717, 1.165) is 11.1 Å². The molecule has 1 aliphatic heterocycles. The fraction of sp³-hybridized carbons (Fsp3) is 0.333. The van der Waals surface area contributed by atoms with Gasteiger partial charge in [-0.3, -0.25) is 4.98 Å². The van der Waals surface area contributed by atoms with E-state index in [1.807, 2.05) is 19.1 Å². The number of aromatic nitrogens is 1. The predicted octanol–water partition coefficient (Wildman–Crippen LogP) is 2.00. The maximum Gasteiger partial charge on any atom is 0.316 e. The largest absolute Gasteiger partial charge is 0.334 e. The van der Waals surface area contributed by atoms with E-state index in [9.17, 15) is 13.2 Å². The van der Waals surface area contributed by atoms with Gasteiger partial charge >= 0.3 is 6.03 Å². The third kappa shape index (κ3) is 4.20. The number of pyridine rings is 1. The van der Waals surface area contributed by atoms with Crippen LogP contribution in [0.25, 0.3) is 0 Å². The summed E-state index contributed by atoms with van der Waals surface area (Å²) in [7, 11) is -3.63. The highest BCUT2D eigenvalue weighted by Crippen LogP contribution is 2.24. The first-order valence-corrected chi connectivity index (χ1v) is 9.92. The second-order valence-electron chi connectivity index (χ2n) is 6.27. The lowest BCUT2D eigenvalue weighted by Gasteiger charge is -2.25. The molecular weight excluding hydrogens is 352 g/mol. The number of aryl methyl sites for hydroxylation is 1. The van der Waals surface area contributed by atoms with E-state index < -0.39 is 22.2 Å². The van der Waals surface area contributed by atoms with Crippen LogP contribution in [0.5, 0.6) is 0 Å². The highest BCUT2D eigenvalue weighted by atomic mass is 32.2. The molecule has 1 aromatic heterocycles. The summed E-state index contributed by atoms with van der Waals surface area (Å²) < 4.78 is 27.1. The van der Waals surface area contributed by atoms with Crippen LogP contribution < -0.4 is 10.6 Å². The smallest absolute Gasteiger partial charge is 0.316 e. The first-order chi connectivity index (χ1) is 12.5. The lowest BCUT2D eigenvalue weighted by Crippen LogP contribution is -2.49. The summed E-state index contributed by atoms with van der Waals surface area (Å²) in [5.41, 5.74) is 1.92. The Kier molecular flexibility index (Phi) is 5.53. The number of urea groups is 1. The second kappa shape index (κ2) is 7.84. The molecule has 3 rings (SSSR count). The van der Waals surface area contributed by atoms with Crippen molar-refractivity contribution < 1.29 is 13.2 Å². The molecule has 1 atom stereocenters. The van der Waals surface area contributed by atoms with Crippen LogP contribution in [0.3, 0.4) is 0 Å². The van der Waals surface area contributed by atoms with Crippen molar-refractivity contribution in [3.63, 3.8) is 0 Å². The standard InChI is InChI=1S/C18H22N4O3S/c1-14-4-6-16(7-5-14)26(24,25)22-12-2-3-17(22)21-18(23)20-13-15-8-10-19-11-9-15/h4-11,17H,2-3,12-13H2,1H3,(H2,20,21,23)/t17-/m1/s1. The van der Waals surface area contributed by atoms with Crippen LogP contribution in [0, 0.1) is 6.92 Å². The fourth-order valence-electron chi connectivity index (χ4n) is 2.90. The molecule has 0 unspecified atom stereocenters. The first kappa shape index (κ1) is 18.3. The Morgan fingerprint density at radius 3 is 2.58 bits per heavy atom. The molecular formula is C18H22N4O3S. The van der Waals surface area contributed by atoms with Gasteiger partial charge in [0.25, 0.3) is 0 Å².